The Morgan fingerprint density at radius 1 is 0.776 bits per heavy atom. The molecule has 0 radical (unpaired) electrons. The highest BCUT2D eigenvalue weighted by Gasteiger charge is 2.29. The van der Waals surface area contributed by atoms with E-state index in [1.165, 1.54) is 44.9 Å². The van der Waals surface area contributed by atoms with Crippen LogP contribution in [-0.2, 0) is 42.3 Å². The molecule has 0 aromatic carbocycles. The molecule has 0 aromatic heterocycles. The molecule has 0 fully saturated rings. The van der Waals surface area contributed by atoms with Gasteiger partial charge in [0.15, 0.2) is 11.9 Å². The summed E-state index contributed by atoms with van der Waals surface area (Å²) in [5.74, 6) is -2.84. The summed E-state index contributed by atoms with van der Waals surface area (Å²) in [7, 11) is -4.77. The van der Waals surface area contributed by atoms with Crippen molar-refractivity contribution in [1.29, 1.82) is 0 Å². The molecule has 1 rings (SSSR count). The van der Waals surface area contributed by atoms with Crippen molar-refractivity contribution in [3.8, 4) is 0 Å². The van der Waals surface area contributed by atoms with E-state index in [0.29, 0.717) is 32.1 Å². The molecule has 6 atom stereocenters. The van der Waals surface area contributed by atoms with Gasteiger partial charge < -0.3 is 30.3 Å². The van der Waals surface area contributed by atoms with Crippen LogP contribution in [0.2, 0.25) is 0 Å². The van der Waals surface area contributed by atoms with E-state index in [1.54, 1.807) is 12.2 Å². The van der Waals surface area contributed by atoms with Gasteiger partial charge in [0.05, 0.1) is 19.3 Å². The van der Waals surface area contributed by atoms with E-state index in [9.17, 15) is 33.7 Å². The monoisotopic (exact) mass is 839 g/mol. The van der Waals surface area contributed by atoms with E-state index in [2.05, 4.69) is 30.5 Å². The van der Waals surface area contributed by atoms with Gasteiger partial charge in [0.2, 0.25) is 0 Å². The molecule has 1 aliphatic rings. The Labute approximate surface area is 347 Å². The highest BCUT2D eigenvalue weighted by molar-refractivity contribution is 7.47. The average molecular weight is 840 g/mol. The Bertz CT molecular complexity index is 1320. The Kier molecular flexibility index (Phi) is 31.0. The number of hydrogen-bond acceptors (Lipinski definition) is 11. The van der Waals surface area contributed by atoms with Crippen LogP contribution < -0.4 is 5.73 Å². The van der Waals surface area contributed by atoms with Crippen LogP contribution >= 0.6 is 7.82 Å². The molecular weight excluding hydrogens is 765 g/mol. The highest BCUT2D eigenvalue weighted by Crippen LogP contribution is 2.43. The Hall–Kier alpha value is -2.93. The standard InChI is InChI=1S/C44H74NO12P/c1-3-5-7-8-9-10-11-12-13-14-15-16-17-18-24-28-43(49)57-38(34-55-58(52,53)56-35-40(45)44(50)51)33-54-42(48)27-23-20-19-22-25-36-29-32-41(47)39(36)31-30-37(46)26-21-6-4-2/h10-11,19,22,29-32,36-40,46H,3-9,12-18,20-21,23-28,33-35,45H2,1-2H3,(H,50,51)(H,52,53)/b11-10-,22-19-,31-30+/t36-,37-,38+,39+,40-/m0/s1. The van der Waals surface area contributed by atoms with Gasteiger partial charge in [-0.15, -0.1) is 0 Å². The molecule has 0 heterocycles. The molecule has 14 heteroatoms. The molecule has 0 saturated carbocycles. The summed E-state index contributed by atoms with van der Waals surface area (Å²) < 4.78 is 32.7. The SMILES string of the molecule is CCCCCC/C=C\CCCCCCCCCC(=O)O[C@H](COC(=O)CCC/C=C\C[C@H]1C=CC(=O)[C@@H]1/C=C/[C@@H](O)CCCCC)COP(=O)(O)OC[C@H](N)C(=O)O. The number of aliphatic hydroxyl groups is 1. The van der Waals surface area contributed by atoms with Crippen LogP contribution in [0.5, 0.6) is 0 Å². The maximum absolute atomic E-state index is 12.7. The minimum atomic E-state index is -4.77. The van der Waals surface area contributed by atoms with Crippen molar-refractivity contribution >= 4 is 31.5 Å². The van der Waals surface area contributed by atoms with Gasteiger partial charge in [-0.3, -0.25) is 28.2 Å². The molecular formula is C44H74NO12P. The number of unbranched alkanes of at least 4 members (excludes halogenated alkanes) is 14. The number of aliphatic hydroxyl groups excluding tert-OH is 1. The molecule has 0 saturated heterocycles. The Morgan fingerprint density at radius 3 is 2.02 bits per heavy atom. The molecule has 0 bridgehead atoms. The van der Waals surface area contributed by atoms with E-state index < -0.39 is 63.8 Å². The fraction of sp³-hybridized carbons (Fsp3) is 0.727. The lowest BCUT2D eigenvalue weighted by molar-refractivity contribution is -0.161. The van der Waals surface area contributed by atoms with E-state index in [0.717, 1.165) is 51.4 Å². The first-order valence-electron chi connectivity index (χ1n) is 21.7. The first-order valence-corrected chi connectivity index (χ1v) is 23.2. The van der Waals surface area contributed by atoms with Gasteiger partial charge >= 0.3 is 25.7 Å². The van der Waals surface area contributed by atoms with Gasteiger partial charge in [0, 0.05) is 18.8 Å². The number of carbonyl (C=O) groups is 4. The number of allylic oxidation sites excluding steroid dienone is 7. The zero-order chi connectivity index (χ0) is 42.9. The number of ether oxygens (including phenoxy) is 2. The number of nitrogens with two attached hydrogens (primary N) is 1. The van der Waals surface area contributed by atoms with Crippen molar-refractivity contribution in [2.45, 2.75) is 173 Å². The number of ketones is 1. The fourth-order valence-electron chi connectivity index (χ4n) is 6.23. The average Bonchev–Trinajstić information content (AvgIpc) is 3.55. The molecule has 0 aromatic rings. The number of phosphoric acid groups is 1. The summed E-state index contributed by atoms with van der Waals surface area (Å²) in [5.41, 5.74) is 5.33. The second-order valence-electron chi connectivity index (χ2n) is 15.1. The van der Waals surface area contributed by atoms with Crippen LogP contribution in [0.4, 0.5) is 0 Å². The number of hydrogen-bond donors (Lipinski definition) is 4. The Balaban J connectivity index is 2.47. The van der Waals surface area contributed by atoms with Crippen molar-refractivity contribution in [2.24, 2.45) is 17.6 Å². The lowest BCUT2D eigenvalue weighted by atomic mass is 9.90. The topological polar surface area (TPSA) is 209 Å². The quantitative estimate of drug-likeness (QED) is 0.0199. The van der Waals surface area contributed by atoms with E-state index in [4.69, 9.17) is 24.8 Å². The number of carboxylic acid groups (broad SMARTS) is 1. The number of carbonyl (C=O) groups excluding carboxylic acids is 3. The maximum atomic E-state index is 12.7. The van der Waals surface area contributed by atoms with Crippen LogP contribution in [0.25, 0.3) is 0 Å². The molecule has 0 aliphatic heterocycles. The summed E-state index contributed by atoms with van der Waals surface area (Å²) in [5, 5.41) is 19.1. The van der Waals surface area contributed by atoms with Gasteiger partial charge in [-0.05, 0) is 69.8 Å². The minimum Gasteiger partial charge on any atom is -0.480 e. The lowest BCUT2D eigenvalue weighted by Gasteiger charge is -2.20. The first kappa shape index (κ1) is 53.1. The third kappa shape index (κ3) is 28.5. The van der Waals surface area contributed by atoms with E-state index in [1.807, 2.05) is 24.3 Å². The summed E-state index contributed by atoms with van der Waals surface area (Å²) in [6.07, 6.45) is 33.8. The predicted molar refractivity (Wildman–Crippen MR) is 226 cm³/mol. The number of esters is 2. The molecule has 0 amide bonds. The van der Waals surface area contributed by atoms with Crippen molar-refractivity contribution in [3.05, 3.63) is 48.6 Å². The molecule has 5 N–H and O–H groups in total. The zero-order valence-corrected chi connectivity index (χ0v) is 36.1. The molecule has 0 spiro atoms. The van der Waals surface area contributed by atoms with Gasteiger partial charge in [-0.25, -0.2) is 4.57 Å². The molecule has 1 aliphatic carbocycles. The number of rotatable bonds is 37. The van der Waals surface area contributed by atoms with Crippen molar-refractivity contribution in [1.82, 2.24) is 0 Å². The maximum Gasteiger partial charge on any atom is 0.472 e. The van der Waals surface area contributed by atoms with Gasteiger partial charge in [0.1, 0.15) is 12.6 Å². The molecule has 332 valence electrons. The smallest absolute Gasteiger partial charge is 0.472 e. The molecule has 13 nitrogen and oxygen atoms in total. The fourth-order valence-corrected chi connectivity index (χ4v) is 7.00. The first-order chi connectivity index (χ1) is 27.9. The number of aliphatic carboxylic acids is 1. The van der Waals surface area contributed by atoms with Crippen LogP contribution in [0, 0.1) is 11.8 Å². The summed E-state index contributed by atoms with van der Waals surface area (Å²) >= 11 is 0. The third-order valence-electron chi connectivity index (χ3n) is 9.80. The van der Waals surface area contributed by atoms with Gasteiger partial charge in [-0.2, -0.15) is 0 Å². The molecule has 1 unspecified atom stereocenters. The van der Waals surface area contributed by atoms with E-state index in [-0.39, 0.29) is 30.5 Å². The molecule has 58 heavy (non-hydrogen) atoms. The lowest BCUT2D eigenvalue weighted by Crippen LogP contribution is -2.34. The van der Waals surface area contributed by atoms with Gasteiger partial charge in [-0.1, -0.05) is 127 Å². The van der Waals surface area contributed by atoms with Gasteiger partial charge in [0.25, 0.3) is 0 Å². The summed E-state index contributed by atoms with van der Waals surface area (Å²) in [6, 6.07) is -1.55. The zero-order valence-electron chi connectivity index (χ0n) is 35.2. The van der Waals surface area contributed by atoms with E-state index >= 15 is 0 Å². The van der Waals surface area contributed by atoms with Crippen LogP contribution in [0.15, 0.2) is 48.6 Å². The summed E-state index contributed by atoms with van der Waals surface area (Å²) in [6.45, 7) is 2.47. The number of carboxylic acids is 1. The second-order valence-corrected chi connectivity index (χ2v) is 16.6. The highest BCUT2D eigenvalue weighted by atomic mass is 31.2. The minimum absolute atomic E-state index is 0.000421. The normalized spacial score (nSPS) is 18.3. The van der Waals surface area contributed by atoms with Crippen LogP contribution in [0.1, 0.15) is 155 Å². The number of phosphoric ester groups is 1. The van der Waals surface area contributed by atoms with Crippen molar-refractivity contribution in [3.63, 3.8) is 0 Å². The predicted octanol–water partition coefficient (Wildman–Crippen LogP) is 9.01. The van der Waals surface area contributed by atoms with Crippen LogP contribution in [0.3, 0.4) is 0 Å². The van der Waals surface area contributed by atoms with Crippen molar-refractivity contribution in [2.75, 3.05) is 19.8 Å². The summed E-state index contributed by atoms with van der Waals surface area (Å²) in [4.78, 5) is 58.5. The third-order valence-corrected chi connectivity index (χ3v) is 10.7. The van der Waals surface area contributed by atoms with Crippen LogP contribution in [-0.4, -0.2) is 76.9 Å². The second kappa shape index (κ2) is 33.9. The Morgan fingerprint density at radius 2 is 1.34 bits per heavy atom. The van der Waals surface area contributed by atoms with Crippen molar-refractivity contribution < 1.29 is 57.4 Å². The largest absolute Gasteiger partial charge is 0.480 e.